The fraction of sp³-hybridized carbons (Fsp3) is 0.476. The van der Waals surface area contributed by atoms with Gasteiger partial charge in [0.25, 0.3) is 0 Å². The zero-order valence-corrected chi connectivity index (χ0v) is 16.2. The zero-order chi connectivity index (χ0) is 19.1. The van der Waals surface area contributed by atoms with E-state index in [1.807, 2.05) is 12.1 Å². The molecular formula is C21H29N3O3. The van der Waals surface area contributed by atoms with E-state index >= 15 is 0 Å². The van der Waals surface area contributed by atoms with Crippen molar-refractivity contribution in [3.05, 3.63) is 53.9 Å². The number of carbonyl (C=O) groups excluding carboxylic acids is 1. The number of ether oxygens (including phenoxy) is 2. The maximum Gasteiger partial charge on any atom is 0.220 e. The second-order valence-electron chi connectivity index (χ2n) is 7.08. The molecule has 0 bridgehead atoms. The molecule has 6 heteroatoms. The lowest BCUT2D eigenvalue weighted by atomic mass is 10.0. The molecule has 6 nitrogen and oxygen atoms in total. The third-order valence-electron chi connectivity index (χ3n) is 4.95. The van der Waals surface area contributed by atoms with Crippen LogP contribution in [0.15, 0.2) is 42.6 Å². The first-order valence-corrected chi connectivity index (χ1v) is 9.43. The summed E-state index contributed by atoms with van der Waals surface area (Å²) in [6, 6.07) is 12.5. The van der Waals surface area contributed by atoms with Crippen LogP contribution in [0.4, 0.5) is 0 Å². The molecule has 1 atom stereocenters. The number of aromatic nitrogens is 1. The topological polar surface area (TPSA) is 55.7 Å². The van der Waals surface area contributed by atoms with Crippen molar-refractivity contribution in [3.63, 3.8) is 0 Å². The second kappa shape index (κ2) is 9.58. The van der Waals surface area contributed by atoms with Crippen LogP contribution in [-0.2, 0) is 29.2 Å². The van der Waals surface area contributed by atoms with Gasteiger partial charge in [-0.25, -0.2) is 0 Å². The number of hydrogen-bond acceptors (Lipinski definition) is 4. The molecule has 0 aliphatic carbocycles. The van der Waals surface area contributed by atoms with Crippen LogP contribution in [0.2, 0.25) is 0 Å². The van der Waals surface area contributed by atoms with Gasteiger partial charge in [0, 0.05) is 58.1 Å². The van der Waals surface area contributed by atoms with Crippen LogP contribution in [0.1, 0.15) is 17.7 Å². The van der Waals surface area contributed by atoms with Gasteiger partial charge >= 0.3 is 0 Å². The number of nitrogens with zero attached hydrogens (tertiary/aromatic N) is 2. The highest BCUT2D eigenvalue weighted by atomic mass is 16.5. The first-order chi connectivity index (χ1) is 13.2. The van der Waals surface area contributed by atoms with Gasteiger partial charge < -0.3 is 19.4 Å². The molecule has 0 unspecified atom stereocenters. The minimum Gasteiger partial charge on any atom is -0.497 e. The minimum absolute atomic E-state index is 0.0945. The van der Waals surface area contributed by atoms with E-state index in [9.17, 15) is 4.79 Å². The summed E-state index contributed by atoms with van der Waals surface area (Å²) in [7, 11) is 3.32. The number of carbonyl (C=O) groups is 1. The van der Waals surface area contributed by atoms with Crippen molar-refractivity contribution in [1.82, 2.24) is 14.8 Å². The summed E-state index contributed by atoms with van der Waals surface area (Å²) < 4.78 is 12.5. The maximum atomic E-state index is 12.3. The molecule has 1 N–H and O–H groups in total. The second-order valence-corrected chi connectivity index (χ2v) is 7.08. The van der Waals surface area contributed by atoms with Gasteiger partial charge in [-0.3, -0.25) is 9.69 Å². The van der Waals surface area contributed by atoms with E-state index in [-0.39, 0.29) is 11.8 Å². The van der Waals surface area contributed by atoms with Crippen molar-refractivity contribution >= 4 is 5.91 Å². The Balaban J connectivity index is 1.65. The van der Waals surface area contributed by atoms with Gasteiger partial charge in [0.1, 0.15) is 5.75 Å². The van der Waals surface area contributed by atoms with E-state index in [1.165, 1.54) is 11.3 Å². The Bertz CT molecular complexity index is 727. The lowest BCUT2D eigenvalue weighted by Crippen LogP contribution is -2.33. The highest BCUT2D eigenvalue weighted by Gasteiger charge is 2.23. The molecule has 27 heavy (non-hydrogen) atoms. The molecule has 146 valence electrons. The average Bonchev–Trinajstić information content (AvgIpc) is 3.02. The predicted molar refractivity (Wildman–Crippen MR) is 105 cm³/mol. The summed E-state index contributed by atoms with van der Waals surface area (Å²) in [6.45, 7) is 4.62. The fourth-order valence-electron chi connectivity index (χ4n) is 3.63. The van der Waals surface area contributed by atoms with Crippen LogP contribution in [0, 0.1) is 5.92 Å². The van der Waals surface area contributed by atoms with Crippen molar-refractivity contribution < 1.29 is 14.3 Å². The summed E-state index contributed by atoms with van der Waals surface area (Å²) in [5.41, 5.74) is 2.55. The molecule has 0 saturated heterocycles. The minimum atomic E-state index is 0.0945. The van der Waals surface area contributed by atoms with Crippen molar-refractivity contribution in [3.8, 4) is 5.75 Å². The molecule has 3 rings (SSSR count). The molecule has 1 aromatic heterocycles. The Morgan fingerprint density at radius 2 is 2.00 bits per heavy atom. The van der Waals surface area contributed by atoms with Gasteiger partial charge in [0.05, 0.1) is 13.7 Å². The Kier molecular flexibility index (Phi) is 6.90. The van der Waals surface area contributed by atoms with Crippen molar-refractivity contribution in [2.75, 3.05) is 33.9 Å². The van der Waals surface area contributed by atoms with Gasteiger partial charge in [0.15, 0.2) is 0 Å². The number of amides is 1. The standard InChI is InChI=1S/C21H29N3O3/c1-26-11-9-22-21(25)12-18-14-23(16-19-4-3-10-24(19)15-18)13-17-5-7-20(27-2)8-6-17/h3-8,10,18H,9,11-16H2,1-2H3,(H,22,25)/t18-/m0/s1. The predicted octanol–water partition coefficient (Wildman–Crippen LogP) is 2.28. The van der Waals surface area contributed by atoms with Gasteiger partial charge in [-0.2, -0.15) is 0 Å². The van der Waals surface area contributed by atoms with Crippen molar-refractivity contribution in [1.29, 1.82) is 0 Å². The molecule has 1 aliphatic heterocycles. The van der Waals surface area contributed by atoms with E-state index < -0.39 is 0 Å². The molecule has 2 heterocycles. The first-order valence-electron chi connectivity index (χ1n) is 9.43. The third-order valence-corrected chi connectivity index (χ3v) is 4.95. The highest BCUT2D eigenvalue weighted by molar-refractivity contribution is 5.76. The maximum absolute atomic E-state index is 12.3. The molecule has 0 saturated carbocycles. The number of methoxy groups -OCH3 is 2. The Morgan fingerprint density at radius 1 is 1.19 bits per heavy atom. The number of nitrogens with one attached hydrogen (secondary N) is 1. The van der Waals surface area contributed by atoms with Gasteiger partial charge in [-0.05, 0) is 35.7 Å². The largest absolute Gasteiger partial charge is 0.497 e. The van der Waals surface area contributed by atoms with E-state index in [0.29, 0.717) is 19.6 Å². The van der Waals surface area contributed by atoms with Crippen LogP contribution in [0.25, 0.3) is 0 Å². The van der Waals surface area contributed by atoms with Crippen LogP contribution in [0.5, 0.6) is 5.75 Å². The smallest absolute Gasteiger partial charge is 0.220 e. The number of hydrogen-bond donors (Lipinski definition) is 1. The summed E-state index contributed by atoms with van der Waals surface area (Å²) >= 11 is 0. The van der Waals surface area contributed by atoms with Crippen LogP contribution >= 0.6 is 0 Å². The lowest BCUT2D eigenvalue weighted by Gasteiger charge is -2.24. The van der Waals surface area contributed by atoms with E-state index in [0.717, 1.165) is 31.9 Å². The number of fused-ring (bicyclic) bond motifs is 1. The quantitative estimate of drug-likeness (QED) is 0.724. The molecule has 1 aromatic carbocycles. The third kappa shape index (κ3) is 5.58. The molecule has 0 fully saturated rings. The SMILES string of the molecule is COCCNC(=O)C[C@H]1CN(Cc2ccc(OC)cc2)Cc2cccn2C1. The Labute approximate surface area is 161 Å². The number of benzene rings is 1. The average molecular weight is 371 g/mol. The molecule has 0 spiro atoms. The van der Waals surface area contributed by atoms with Crippen LogP contribution < -0.4 is 10.1 Å². The molecule has 0 radical (unpaired) electrons. The van der Waals surface area contributed by atoms with Crippen molar-refractivity contribution in [2.24, 2.45) is 5.92 Å². The van der Waals surface area contributed by atoms with Gasteiger partial charge in [-0.15, -0.1) is 0 Å². The summed E-state index contributed by atoms with van der Waals surface area (Å²) in [4.78, 5) is 14.7. The molecule has 2 aromatic rings. The van der Waals surface area contributed by atoms with Crippen LogP contribution in [0.3, 0.4) is 0 Å². The van der Waals surface area contributed by atoms with E-state index in [4.69, 9.17) is 9.47 Å². The van der Waals surface area contributed by atoms with Gasteiger partial charge in [-0.1, -0.05) is 12.1 Å². The first kappa shape index (κ1) is 19.5. The molecule has 1 amide bonds. The van der Waals surface area contributed by atoms with E-state index in [1.54, 1.807) is 14.2 Å². The van der Waals surface area contributed by atoms with Gasteiger partial charge in [0.2, 0.25) is 5.91 Å². The van der Waals surface area contributed by atoms with Crippen LogP contribution in [-0.4, -0.2) is 49.3 Å². The monoisotopic (exact) mass is 371 g/mol. The Hall–Kier alpha value is -2.31. The normalized spacial score (nSPS) is 17.2. The zero-order valence-electron chi connectivity index (χ0n) is 16.2. The highest BCUT2D eigenvalue weighted by Crippen LogP contribution is 2.22. The molecule has 1 aliphatic rings. The van der Waals surface area contributed by atoms with Crippen molar-refractivity contribution in [2.45, 2.75) is 26.1 Å². The number of rotatable bonds is 8. The lowest BCUT2D eigenvalue weighted by molar-refractivity contribution is -0.122. The summed E-state index contributed by atoms with van der Waals surface area (Å²) in [6.07, 6.45) is 2.64. The molecular weight excluding hydrogens is 342 g/mol. The summed E-state index contributed by atoms with van der Waals surface area (Å²) in [5, 5.41) is 2.94. The fourth-order valence-corrected chi connectivity index (χ4v) is 3.63. The Morgan fingerprint density at radius 3 is 2.74 bits per heavy atom. The summed E-state index contributed by atoms with van der Waals surface area (Å²) in [5.74, 6) is 1.24. The van der Waals surface area contributed by atoms with E-state index in [2.05, 4.69) is 45.2 Å².